The standard InChI is InChI=1S/C22H44N6O3Si/c1-32(2,3)28-16-24-19-20(28)25-15-27(21(19)26-31)14-8-6-4-5-7-13-23-22(30)17-9-11-18(29)12-10-17/h17-21,24-25,29H,4-16H2,1-3H3,(H,23,30). The first-order chi connectivity index (χ1) is 15.3. The van der Waals surface area contributed by atoms with Crippen molar-refractivity contribution in [2.45, 2.75) is 102 Å². The molecule has 3 rings (SSSR count). The minimum absolute atomic E-state index is 0.0593. The highest BCUT2D eigenvalue weighted by Crippen LogP contribution is 2.26. The SMILES string of the molecule is C[Si](C)(C)N1CNC2C(N=O)N(CCCCCCCNC(=O)C3CCC(O)CC3)CNC21. The summed E-state index contributed by atoms with van der Waals surface area (Å²) in [6.45, 7) is 10.2. The number of nitroso groups, excluding NO2 is 1. The molecule has 0 aromatic heterocycles. The van der Waals surface area contributed by atoms with Crippen molar-refractivity contribution < 1.29 is 9.90 Å². The molecule has 10 heteroatoms. The van der Waals surface area contributed by atoms with Crippen molar-refractivity contribution in [1.82, 2.24) is 25.4 Å². The first-order valence-electron chi connectivity index (χ1n) is 12.6. The largest absolute Gasteiger partial charge is 0.393 e. The monoisotopic (exact) mass is 468 g/mol. The summed E-state index contributed by atoms with van der Waals surface area (Å²) in [4.78, 5) is 26.0. The lowest BCUT2D eigenvalue weighted by molar-refractivity contribution is -0.126. The van der Waals surface area contributed by atoms with Gasteiger partial charge >= 0.3 is 0 Å². The lowest BCUT2D eigenvalue weighted by atomic mass is 9.87. The van der Waals surface area contributed by atoms with Crippen LogP contribution in [0.1, 0.15) is 57.8 Å². The van der Waals surface area contributed by atoms with E-state index in [-0.39, 0.29) is 36.3 Å². The van der Waals surface area contributed by atoms with E-state index in [4.69, 9.17) is 0 Å². The van der Waals surface area contributed by atoms with E-state index in [0.717, 1.165) is 77.5 Å². The predicted molar refractivity (Wildman–Crippen MR) is 129 cm³/mol. The molecular formula is C22H44N6O3Si. The average molecular weight is 469 g/mol. The minimum Gasteiger partial charge on any atom is -0.393 e. The van der Waals surface area contributed by atoms with Crippen molar-refractivity contribution in [1.29, 1.82) is 0 Å². The van der Waals surface area contributed by atoms with Gasteiger partial charge in [-0.2, -0.15) is 0 Å². The van der Waals surface area contributed by atoms with Gasteiger partial charge in [0.1, 0.15) is 8.24 Å². The van der Waals surface area contributed by atoms with E-state index in [1.54, 1.807) is 0 Å². The number of nitrogens with one attached hydrogen (secondary N) is 3. The Bertz CT molecular complexity index is 611. The highest BCUT2D eigenvalue weighted by Gasteiger charge is 2.48. The molecule has 184 valence electrons. The van der Waals surface area contributed by atoms with Crippen LogP contribution >= 0.6 is 0 Å². The van der Waals surface area contributed by atoms with E-state index < -0.39 is 8.24 Å². The van der Waals surface area contributed by atoms with E-state index in [0.29, 0.717) is 6.67 Å². The van der Waals surface area contributed by atoms with Gasteiger partial charge in [-0.3, -0.25) is 24.9 Å². The molecule has 3 fully saturated rings. The molecule has 2 aliphatic heterocycles. The number of fused-ring (bicyclic) bond motifs is 1. The molecule has 3 atom stereocenters. The lowest BCUT2D eigenvalue weighted by Gasteiger charge is -2.44. The fourth-order valence-corrected chi connectivity index (χ4v) is 6.96. The first kappa shape index (κ1) is 25.7. The van der Waals surface area contributed by atoms with E-state index in [1.807, 2.05) is 0 Å². The molecule has 9 nitrogen and oxygen atoms in total. The van der Waals surface area contributed by atoms with E-state index >= 15 is 0 Å². The number of hydrogen-bond donors (Lipinski definition) is 4. The predicted octanol–water partition coefficient (Wildman–Crippen LogP) is 1.95. The van der Waals surface area contributed by atoms with Crippen LogP contribution in [0.3, 0.4) is 0 Å². The lowest BCUT2D eigenvalue weighted by Crippen LogP contribution is -2.67. The Labute approximate surface area is 194 Å². The van der Waals surface area contributed by atoms with Crippen molar-refractivity contribution >= 4 is 14.1 Å². The molecule has 1 amide bonds. The van der Waals surface area contributed by atoms with Crippen LogP contribution in [-0.2, 0) is 4.79 Å². The molecule has 1 aliphatic carbocycles. The summed E-state index contributed by atoms with van der Waals surface area (Å²) in [6, 6.07) is 0.0593. The van der Waals surface area contributed by atoms with Gasteiger partial charge in [-0.15, -0.1) is 4.91 Å². The maximum atomic E-state index is 12.2. The van der Waals surface area contributed by atoms with Crippen molar-refractivity contribution in [3.8, 4) is 0 Å². The fourth-order valence-electron chi connectivity index (χ4n) is 5.31. The molecule has 0 bridgehead atoms. The normalized spacial score (nSPS) is 31.9. The second-order valence-corrected chi connectivity index (χ2v) is 15.6. The topological polar surface area (TPSA) is 109 Å². The number of rotatable bonds is 11. The van der Waals surface area contributed by atoms with Crippen LogP contribution in [0.15, 0.2) is 5.18 Å². The summed E-state index contributed by atoms with van der Waals surface area (Å²) in [5, 5.41) is 23.3. The highest BCUT2D eigenvalue weighted by atomic mass is 28.3. The maximum Gasteiger partial charge on any atom is 0.223 e. The van der Waals surface area contributed by atoms with E-state index in [9.17, 15) is 14.8 Å². The number of carbonyl (C=O) groups excluding carboxylic acids is 1. The quantitative estimate of drug-likeness (QED) is 0.208. The number of unbranched alkanes of at least 4 members (excludes halogenated alkanes) is 4. The van der Waals surface area contributed by atoms with Crippen molar-refractivity contribution in [2.75, 3.05) is 26.4 Å². The van der Waals surface area contributed by atoms with Crippen molar-refractivity contribution in [2.24, 2.45) is 11.1 Å². The number of nitrogens with zero attached hydrogens (tertiary/aromatic N) is 3. The van der Waals surface area contributed by atoms with Gasteiger partial charge in [0.05, 0.1) is 25.0 Å². The number of aliphatic hydroxyl groups excluding tert-OH is 1. The van der Waals surface area contributed by atoms with Crippen LogP contribution in [0.25, 0.3) is 0 Å². The molecule has 0 spiro atoms. The molecule has 2 saturated heterocycles. The Morgan fingerprint density at radius 3 is 2.41 bits per heavy atom. The van der Waals surface area contributed by atoms with E-state index in [1.165, 1.54) is 0 Å². The number of carbonyl (C=O) groups is 1. The number of amides is 1. The van der Waals surface area contributed by atoms with Crippen molar-refractivity contribution in [3.63, 3.8) is 0 Å². The molecule has 1 saturated carbocycles. The average Bonchev–Trinajstić information content (AvgIpc) is 3.20. The first-order valence-corrected chi connectivity index (χ1v) is 16.0. The Kier molecular flexibility index (Phi) is 9.63. The second-order valence-electron chi connectivity index (χ2n) is 10.7. The zero-order valence-corrected chi connectivity index (χ0v) is 21.2. The van der Waals surface area contributed by atoms with Crippen LogP contribution in [0.5, 0.6) is 0 Å². The molecule has 0 radical (unpaired) electrons. The van der Waals surface area contributed by atoms with Crippen LogP contribution in [-0.4, -0.2) is 79.6 Å². The Morgan fingerprint density at radius 1 is 1.03 bits per heavy atom. The van der Waals surface area contributed by atoms with Crippen LogP contribution in [0, 0.1) is 10.8 Å². The maximum absolute atomic E-state index is 12.2. The van der Waals surface area contributed by atoms with Crippen molar-refractivity contribution in [3.05, 3.63) is 4.91 Å². The summed E-state index contributed by atoms with van der Waals surface area (Å²) < 4.78 is 2.50. The van der Waals surface area contributed by atoms with E-state index in [2.05, 4.69) is 50.2 Å². The van der Waals surface area contributed by atoms with Gasteiger partial charge in [-0.1, -0.05) is 38.9 Å². The third-order valence-electron chi connectivity index (χ3n) is 7.33. The second kappa shape index (κ2) is 12.0. The summed E-state index contributed by atoms with van der Waals surface area (Å²) in [5.74, 6) is 0.246. The Hall–Kier alpha value is -0.913. The summed E-state index contributed by atoms with van der Waals surface area (Å²) >= 11 is 0. The van der Waals surface area contributed by atoms with Gasteiger partial charge in [0.15, 0.2) is 6.17 Å². The summed E-state index contributed by atoms with van der Waals surface area (Å²) in [7, 11) is -1.45. The molecule has 3 aliphatic rings. The van der Waals surface area contributed by atoms with Gasteiger partial charge < -0.3 is 10.4 Å². The molecule has 4 N–H and O–H groups in total. The van der Waals surface area contributed by atoms with Crippen LogP contribution < -0.4 is 16.0 Å². The molecule has 3 unspecified atom stereocenters. The molecule has 32 heavy (non-hydrogen) atoms. The fraction of sp³-hybridized carbons (Fsp3) is 0.955. The Balaban J connectivity index is 1.26. The van der Waals surface area contributed by atoms with Gasteiger partial charge in [-0.05, 0) is 43.7 Å². The molecular weight excluding hydrogens is 424 g/mol. The summed E-state index contributed by atoms with van der Waals surface area (Å²) in [6.07, 6.45) is 8.22. The highest BCUT2D eigenvalue weighted by molar-refractivity contribution is 6.73. The smallest absolute Gasteiger partial charge is 0.223 e. The third kappa shape index (κ3) is 6.80. The minimum atomic E-state index is -1.45. The van der Waals surface area contributed by atoms with Crippen LogP contribution in [0.2, 0.25) is 19.6 Å². The van der Waals surface area contributed by atoms with Gasteiger partial charge in [0, 0.05) is 25.7 Å². The third-order valence-corrected chi connectivity index (χ3v) is 9.49. The molecule has 2 heterocycles. The van der Waals surface area contributed by atoms with Gasteiger partial charge in [0.2, 0.25) is 5.91 Å². The zero-order valence-electron chi connectivity index (χ0n) is 20.2. The number of hydrogen-bond acceptors (Lipinski definition) is 8. The van der Waals surface area contributed by atoms with Gasteiger partial charge in [-0.25, -0.2) is 0 Å². The molecule has 0 aromatic carbocycles. The van der Waals surface area contributed by atoms with Gasteiger partial charge in [0.25, 0.3) is 0 Å². The zero-order chi connectivity index (χ0) is 23.1. The molecule has 0 aromatic rings. The number of aliphatic hydroxyl groups is 1. The summed E-state index contributed by atoms with van der Waals surface area (Å²) in [5.41, 5.74) is 0. The Morgan fingerprint density at radius 2 is 1.72 bits per heavy atom. The van der Waals surface area contributed by atoms with Crippen LogP contribution in [0.4, 0.5) is 0 Å².